The maximum absolute atomic E-state index is 11.2. The van der Waals surface area contributed by atoms with E-state index in [4.69, 9.17) is 5.11 Å². The number of piperidine rings is 1. The fraction of sp³-hybridized carbons (Fsp3) is 0.923. The van der Waals surface area contributed by atoms with Gasteiger partial charge in [-0.05, 0) is 25.2 Å². The molecule has 2 atom stereocenters. The molecule has 2 fully saturated rings. The highest BCUT2D eigenvalue weighted by Gasteiger charge is 2.38. The number of nitrogens with one attached hydrogen (secondary N) is 1. The van der Waals surface area contributed by atoms with Gasteiger partial charge >= 0.3 is 5.97 Å². The summed E-state index contributed by atoms with van der Waals surface area (Å²) in [7, 11) is 0. The number of aliphatic hydroxyl groups is 1. The molecule has 0 amide bonds. The van der Waals surface area contributed by atoms with E-state index in [1.807, 2.05) is 0 Å². The van der Waals surface area contributed by atoms with Gasteiger partial charge in [0.15, 0.2) is 0 Å². The maximum Gasteiger partial charge on any atom is 0.307 e. The van der Waals surface area contributed by atoms with E-state index < -0.39 is 5.97 Å². The average molecular weight is 256 g/mol. The number of nitrogens with zero attached hydrogens (tertiary/aromatic N) is 1. The molecule has 1 aliphatic heterocycles. The quantitative estimate of drug-likeness (QED) is 0.652. The van der Waals surface area contributed by atoms with Crippen LogP contribution >= 0.6 is 0 Å². The molecule has 0 spiro atoms. The van der Waals surface area contributed by atoms with E-state index in [1.54, 1.807) is 0 Å². The van der Waals surface area contributed by atoms with E-state index >= 15 is 0 Å². The number of carboxylic acids is 1. The van der Waals surface area contributed by atoms with Gasteiger partial charge in [-0.2, -0.15) is 0 Å². The first-order chi connectivity index (χ1) is 8.60. The van der Waals surface area contributed by atoms with Crippen molar-refractivity contribution in [2.75, 3.05) is 26.2 Å². The van der Waals surface area contributed by atoms with Crippen molar-refractivity contribution in [3.63, 3.8) is 0 Å². The molecule has 0 aromatic carbocycles. The largest absolute Gasteiger partial charge is 0.481 e. The molecule has 1 aliphatic carbocycles. The normalized spacial score (nSPS) is 37.2. The van der Waals surface area contributed by atoms with Crippen LogP contribution in [0, 0.1) is 11.8 Å². The summed E-state index contributed by atoms with van der Waals surface area (Å²) in [5.74, 6) is -0.183. The first-order valence-electron chi connectivity index (χ1n) is 6.91. The number of carboxylic acid groups (broad SMARTS) is 1. The van der Waals surface area contributed by atoms with Crippen LogP contribution in [0.25, 0.3) is 0 Å². The number of likely N-dealkylation sites (tertiary alicyclic amines) is 1. The summed E-state index contributed by atoms with van der Waals surface area (Å²) in [5, 5.41) is 21.3. The lowest BCUT2D eigenvalue weighted by Gasteiger charge is -2.47. The Kier molecular flexibility index (Phi) is 4.59. The Balaban J connectivity index is 1.91. The van der Waals surface area contributed by atoms with Crippen LogP contribution in [0.3, 0.4) is 0 Å². The minimum atomic E-state index is -0.692. The van der Waals surface area contributed by atoms with Crippen LogP contribution in [0.4, 0.5) is 0 Å². The van der Waals surface area contributed by atoms with Gasteiger partial charge in [-0.15, -0.1) is 0 Å². The van der Waals surface area contributed by atoms with Gasteiger partial charge in [0.2, 0.25) is 0 Å². The molecular formula is C13H24N2O3. The Hall–Kier alpha value is -0.650. The van der Waals surface area contributed by atoms with Crippen LogP contribution in [-0.2, 0) is 4.79 Å². The Morgan fingerprint density at radius 3 is 2.61 bits per heavy atom. The highest BCUT2D eigenvalue weighted by molar-refractivity contribution is 5.70. The Morgan fingerprint density at radius 1 is 1.33 bits per heavy atom. The first-order valence-corrected chi connectivity index (χ1v) is 6.91. The van der Waals surface area contributed by atoms with Crippen molar-refractivity contribution in [3.05, 3.63) is 0 Å². The minimum absolute atomic E-state index is 0.106. The van der Waals surface area contributed by atoms with E-state index in [0.29, 0.717) is 25.6 Å². The molecular weight excluding hydrogens is 232 g/mol. The highest BCUT2D eigenvalue weighted by Crippen LogP contribution is 2.33. The zero-order valence-corrected chi connectivity index (χ0v) is 11.0. The monoisotopic (exact) mass is 256 g/mol. The van der Waals surface area contributed by atoms with E-state index in [-0.39, 0.29) is 18.6 Å². The Morgan fingerprint density at radius 2 is 2.06 bits per heavy atom. The summed E-state index contributed by atoms with van der Waals surface area (Å²) >= 11 is 0. The van der Waals surface area contributed by atoms with Crippen LogP contribution in [-0.4, -0.2) is 59.4 Å². The molecule has 104 valence electrons. The lowest BCUT2D eigenvalue weighted by atomic mass is 9.79. The number of carbonyl (C=O) groups is 1. The molecule has 0 bridgehead atoms. The van der Waals surface area contributed by atoms with Crippen LogP contribution in [0.2, 0.25) is 0 Å². The number of hydrogen-bond acceptors (Lipinski definition) is 4. The van der Waals surface area contributed by atoms with E-state index in [9.17, 15) is 9.90 Å². The molecule has 2 rings (SSSR count). The summed E-state index contributed by atoms with van der Waals surface area (Å²) in [5.41, 5.74) is 0. The Bertz CT molecular complexity index is 292. The van der Waals surface area contributed by atoms with Crippen molar-refractivity contribution in [3.8, 4) is 0 Å². The zero-order chi connectivity index (χ0) is 13.1. The molecule has 2 unspecified atom stereocenters. The predicted molar refractivity (Wildman–Crippen MR) is 68.4 cm³/mol. The molecule has 2 aliphatic rings. The zero-order valence-electron chi connectivity index (χ0n) is 11.0. The lowest BCUT2D eigenvalue weighted by molar-refractivity contribution is -0.144. The van der Waals surface area contributed by atoms with Crippen molar-refractivity contribution >= 4 is 5.97 Å². The molecule has 5 nitrogen and oxygen atoms in total. The fourth-order valence-corrected chi connectivity index (χ4v) is 3.18. The molecule has 0 aromatic heterocycles. The molecule has 1 saturated carbocycles. The van der Waals surface area contributed by atoms with Gasteiger partial charge in [0.05, 0.1) is 12.5 Å². The van der Waals surface area contributed by atoms with Gasteiger partial charge < -0.3 is 15.5 Å². The molecule has 0 radical (unpaired) electrons. The van der Waals surface area contributed by atoms with E-state index in [1.165, 1.54) is 12.8 Å². The average Bonchev–Trinajstić information content (AvgIpc) is 2.32. The van der Waals surface area contributed by atoms with Crippen molar-refractivity contribution in [2.45, 2.75) is 38.3 Å². The van der Waals surface area contributed by atoms with Crippen molar-refractivity contribution < 1.29 is 15.0 Å². The predicted octanol–water partition coefficient (Wildman–Crippen LogP) is 0.142. The van der Waals surface area contributed by atoms with Crippen LogP contribution in [0.1, 0.15) is 26.2 Å². The van der Waals surface area contributed by atoms with Crippen LogP contribution < -0.4 is 5.32 Å². The second kappa shape index (κ2) is 5.99. The lowest BCUT2D eigenvalue weighted by Crippen LogP contribution is -2.57. The van der Waals surface area contributed by atoms with E-state index in [2.05, 4.69) is 17.1 Å². The molecule has 5 heteroatoms. The molecule has 1 heterocycles. The third-order valence-corrected chi connectivity index (χ3v) is 4.24. The van der Waals surface area contributed by atoms with Gasteiger partial charge in [-0.25, -0.2) is 0 Å². The Labute approximate surface area is 108 Å². The second-order valence-electron chi connectivity index (χ2n) is 5.83. The highest BCUT2D eigenvalue weighted by atomic mass is 16.4. The summed E-state index contributed by atoms with van der Waals surface area (Å²) in [6.45, 7) is 4.50. The molecule has 0 aromatic rings. The summed E-state index contributed by atoms with van der Waals surface area (Å²) in [4.78, 5) is 13.5. The molecule has 1 saturated heterocycles. The number of aliphatic hydroxyl groups excluding tert-OH is 1. The van der Waals surface area contributed by atoms with Crippen LogP contribution in [0.5, 0.6) is 0 Å². The summed E-state index contributed by atoms with van der Waals surface area (Å²) < 4.78 is 0. The standard InChI is InChI=1S/C13H24N2O3/c1-9-4-12(5-9)15-7-10(13(17)18)6-11(8-15)14-2-3-16/h9-12,14,16H,2-8H2,1H3,(H,17,18). The van der Waals surface area contributed by atoms with Gasteiger partial charge in [0.25, 0.3) is 0 Å². The first kappa shape index (κ1) is 13.8. The number of hydrogen-bond donors (Lipinski definition) is 3. The molecule has 18 heavy (non-hydrogen) atoms. The van der Waals surface area contributed by atoms with Crippen molar-refractivity contribution in [1.29, 1.82) is 0 Å². The van der Waals surface area contributed by atoms with Crippen molar-refractivity contribution in [2.24, 2.45) is 11.8 Å². The third-order valence-electron chi connectivity index (χ3n) is 4.24. The second-order valence-corrected chi connectivity index (χ2v) is 5.83. The van der Waals surface area contributed by atoms with Gasteiger partial charge in [0.1, 0.15) is 0 Å². The number of rotatable bonds is 5. The SMILES string of the molecule is CC1CC(N2CC(NCCO)CC(C(=O)O)C2)C1. The summed E-state index contributed by atoms with van der Waals surface area (Å²) in [6, 6.07) is 0.767. The van der Waals surface area contributed by atoms with Gasteiger partial charge in [-0.3, -0.25) is 9.69 Å². The minimum Gasteiger partial charge on any atom is -0.481 e. The van der Waals surface area contributed by atoms with Gasteiger partial charge in [-0.1, -0.05) is 6.92 Å². The van der Waals surface area contributed by atoms with Gasteiger partial charge in [0, 0.05) is 31.7 Å². The van der Waals surface area contributed by atoms with Crippen LogP contribution in [0.15, 0.2) is 0 Å². The molecule has 3 N–H and O–H groups in total. The topological polar surface area (TPSA) is 72.8 Å². The third kappa shape index (κ3) is 3.22. The summed E-state index contributed by atoms with van der Waals surface area (Å²) in [6.07, 6.45) is 3.06. The smallest absolute Gasteiger partial charge is 0.307 e. The fourth-order valence-electron chi connectivity index (χ4n) is 3.18. The van der Waals surface area contributed by atoms with Crippen molar-refractivity contribution in [1.82, 2.24) is 10.2 Å². The van der Waals surface area contributed by atoms with E-state index in [0.717, 1.165) is 12.5 Å². The maximum atomic E-state index is 11.2. The number of aliphatic carboxylic acids is 1.